The van der Waals surface area contributed by atoms with Crippen molar-refractivity contribution >= 4 is 19.7 Å². The van der Waals surface area contributed by atoms with Gasteiger partial charge in [0.1, 0.15) is 19.3 Å². The molecule has 500 valence electrons. The first kappa shape index (κ1) is 83.0. The Kier molecular flexibility index (Phi) is 63.4. The van der Waals surface area contributed by atoms with Crippen LogP contribution in [0.4, 0.5) is 0 Å². The Bertz CT molecular complexity index is 1590. The number of phosphoric ester groups is 1. The smallest absolute Gasteiger partial charge is 0.306 e. The van der Waals surface area contributed by atoms with Crippen LogP contribution in [0.3, 0.4) is 0 Å². The molecule has 0 aliphatic carbocycles. The van der Waals surface area contributed by atoms with Crippen LogP contribution in [0.2, 0.25) is 0 Å². The van der Waals surface area contributed by atoms with E-state index in [0.29, 0.717) is 17.4 Å². The summed E-state index contributed by atoms with van der Waals surface area (Å²) in [6.45, 7) is 6.87. The van der Waals surface area contributed by atoms with E-state index < -0.39 is 20.0 Å². The third-order valence-corrected chi connectivity index (χ3v) is 17.7. The van der Waals surface area contributed by atoms with Crippen LogP contribution in [-0.4, -0.2) is 69.4 Å². The van der Waals surface area contributed by atoms with Gasteiger partial charge in [0.05, 0.1) is 33.8 Å². The van der Waals surface area contributed by atoms with Crippen LogP contribution in [0, 0.1) is 0 Å². The van der Waals surface area contributed by atoms with Crippen molar-refractivity contribution in [3.05, 3.63) is 48.6 Å². The van der Waals surface area contributed by atoms with Gasteiger partial charge in [-0.25, -0.2) is 0 Å². The molecule has 0 aliphatic rings. The normalized spacial score (nSPS) is 13.7. The largest absolute Gasteiger partial charge is 0.756 e. The van der Waals surface area contributed by atoms with Gasteiger partial charge in [0, 0.05) is 12.8 Å². The van der Waals surface area contributed by atoms with Crippen LogP contribution in [0.25, 0.3) is 0 Å². The molecular weight excluding hydrogens is 1070 g/mol. The summed E-state index contributed by atoms with van der Waals surface area (Å²) in [6, 6.07) is -0.888. The molecule has 3 unspecified atom stereocenters. The molecule has 1 N–H and O–H groups in total. The minimum Gasteiger partial charge on any atom is -0.756 e. The molecule has 0 aromatic heterocycles. The number of likely N-dealkylation sites (N-methyl/N-ethyl adjacent to an activating group) is 1. The topological polar surface area (TPSA) is 114 Å². The van der Waals surface area contributed by atoms with E-state index in [0.717, 1.165) is 64.2 Å². The standard InChI is InChI=1S/C75H143N2O7P/c1-7-10-13-16-19-22-25-28-30-32-34-35-36-37-38-39-40-41-43-44-46-49-52-55-58-61-64-67-74(78)76-72(71-83-85(80,81)82-70-69-77(4,5)6)73(66-63-60-57-54-51-48-27-24-21-18-15-12-9-3)84-75(79)68-65-62-59-56-53-50-47-45-42-33-31-29-26-23-20-17-14-11-8-2/h19,22,28-31,63,66,72-73H,7-18,20-21,23-27,32-62,64-65,67-71H2,1-6H3,(H-,76,78,80,81)/b22-19-,30-28-,31-29+,66-63-. The summed E-state index contributed by atoms with van der Waals surface area (Å²) in [7, 11) is 1.20. The number of carbonyl (C=O) groups excluding carboxylic acids is 2. The first-order chi connectivity index (χ1) is 41.4. The Balaban J connectivity index is 5.01. The fraction of sp³-hybridized carbons (Fsp3) is 0.867. The number of rotatable bonds is 68. The Morgan fingerprint density at radius 2 is 0.718 bits per heavy atom. The molecule has 0 bridgehead atoms. The zero-order chi connectivity index (χ0) is 62.1. The average molecular weight is 1220 g/mol. The Morgan fingerprint density at radius 3 is 1.09 bits per heavy atom. The molecule has 0 heterocycles. The van der Waals surface area contributed by atoms with Gasteiger partial charge in [-0.15, -0.1) is 0 Å². The van der Waals surface area contributed by atoms with E-state index in [4.69, 9.17) is 13.8 Å². The number of allylic oxidation sites excluding steroid dienone is 7. The van der Waals surface area contributed by atoms with Crippen molar-refractivity contribution in [3.8, 4) is 0 Å². The van der Waals surface area contributed by atoms with Gasteiger partial charge in [-0.1, -0.05) is 314 Å². The molecule has 0 aromatic carbocycles. The molecule has 1 amide bonds. The number of nitrogens with zero attached hydrogens (tertiary/aromatic N) is 1. The van der Waals surface area contributed by atoms with Crippen LogP contribution < -0.4 is 10.2 Å². The van der Waals surface area contributed by atoms with Crippen LogP contribution in [-0.2, 0) is 27.9 Å². The van der Waals surface area contributed by atoms with E-state index in [1.807, 2.05) is 33.3 Å². The molecule has 10 heteroatoms. The predicted molar refractivity (Wildman–Crippen MR) is 367 cm³/mol. The molecular formula is C75H143N2O7P. The van der Waals surface area contributed by atoms with Gasteiger partial charge in [0.2, 0.25) is 5.91 Å². The molecule has 0 fully saturated rings. The first-order valence-corrected chi connectivity index (χ1v) is 38.4. The van der Waals surface area contributed by atoms with Gasteiger partial charge in [-0.3, -0.25) is 14.2 Å². The van der Waals surface area contributed by atoms with E-state index in [1.54, 1.807) is 0 Å². The van der Waals surface area contributed by atoms with Gasteiger partial charge < -0.3 is 28.5 Å². The molecule has 0 aliphatic heterocycles. The average Bonchev–Trinajstić information content (AvgIpc) is 3.53. The molecule has 0 saturated heterocycles. The van der Waals surface area contributed by atoms with E-state index >= 15 is 0 Å². The van der Waals surface area contributed by atoms with Crippen molar-refractivity contribution in [2.24, 2.45) is 0 Å². The lowest BCUT2D eigenvalue weighted by molar-refractivity contribution is -0.870. The van der Waals surface area contributed by atoms with Crippen LogP contribution >= 0.6 is 7.82 Å². The fourth-order valence-electron chi connectivity index (χ4n) is 11.0. The van der Waals surface area contributed by atoms with Crippen LogP contribution in [0.15, 0.2) is 48.6 Å². The van der Waals surface area contributed by atoms with Crippen molar-refractivity contribution in [2.45, 2.75) is 380 Å². The summed E-state index contributed by atoms with van der Waals surface area (Å²) in [5, 5.41) is 3.05. The van der Waals surface area contributed by atoms with Crippen molar-refractivity contribution in [2.75, 3.05) is 40.9 Å². The second-order valence-corrected chi connectivity index (χ2v) is 27.9. The van der Waals surface area contributed by atoms with E-state index in [9.17, 15) is 19.0 Å². The first-order valence-electron chi connectivity index (χ1n) is 36.9. The fourth-order valence-corrected chi connectivity index (χ4v) is 11.7. The quantitative estimate of drug-likeness (QED) is 0.0212. The second-order valence-electron chi connectivity index (χ2n) is 26.4. The summed E-state index contributed by atoms with van der Waals surface area (Å²) in [5.74, 6) is -0.525. The van der Waals surface area contributed by atoms with Gasteiger partial charge in [0.25, 0.3) is 7.82 Å². The maximum atomic E-state index is 13.6. The molecule has 85 heavy (non-hydrogen) atoms. The van der Waals surface area contributed by atoms with E-state index in [-0.39, 0.29) is 31.5 Å². The maximum absolute atomic E-state index is 13.6. The minimum absolute atomic E-state index is 0.0206. The zero-order valence-electron chi connectivity index (χ0n) is 57.3. The van der Waals surface area contributed by atoms with Gasteiger partial charge >= 0.3 is 5.97 Å². The lowest BCUT2D eigenvalue weighted by Gasteiger charge is -2.30. The summed E-state index contributed by atoms with van der Waals surface area (Å²) >= 11 is 0. The predicted octanol–water partition coefficient (Wildman–Crippen LogP) is 22.9. The van der Waals surface area contributed by atoms with Crippen molar-refractivity contribution in [1.29, 1.82) is 0 Å². The highest BCUT2D eigenvalue weighted by molar-refractivity contribution is 7.45. The number of esters is 1. The summed E-state index contributed by atoms with van der Waals surface area (Å²) in [5.41, 5.74) is 0. The number of carbonyl (C=O) groups is 2. The highest BCUT2D eigenvalue weighted by atomic mass is 31.2. The molecule has 3 atom stereocenters. The molecule has 9 nitrogen and oxygen atoms in total. The Morgan fingerprint density at radius 1 is 0.412 bits per heavy atom. The maximum Gasteiger partial charge on any atom is 0.306 e. The SMILES string of the molecule is CCCCC/C=C\C/C=C\CCCCCCCCCCCCCCCCCCCC(=O)NC(COP(=O)([O-])OCC[N+](C)(C)C)C(/C=C\CCCCCCCCCCCCC)OC(=O)CCCCCCCCCCC/C=C/CCCCCCCC. The zero-order valence-corrected chi connectivity index (χ0v) is 58.2. The number of unbranched alkanes of at least 4 members (excludes halogenated alkanes) is 46. The number of hydrogen-bond donors (Lipinski definition) is 1. The van der Waals surface area contributed by atoms with Crippen LogP contribution in [0.5, 0.6) is 0 Å². The van der Waals surface area contributed by atoms with Gasteiger partial charge in [0.15, 0.2) is 0 Å². The van der Waals surface area contributed by atoms with Gasteiger partial charge in [-0.2, -0.15) is 0 Å². The van der Waals surface area contributed by atoms with Crippen molar-refractivity contribution in [3.63, 3.8) is 0 Å². The van der Waals surface area contributed by atoms with E-state index in [2.05, 4.69) is 62.5 Å². The highest BCUT2D eigenvalue weighted by Crippen LogP contribution is 2.38. The minimum atomic E-state index is -4.70. The number of nitrogens with one attached hydrogen (secondary N) is 1. The third kappa shape index (κ3) is 66.2. The summed E-state index contributed by atoms with van der Waals surface area (Å²) in [4.78, 5) is 40.2. The molecule has 0 aromatic rings. The lowest BCUT2D eigenvalue weighted by atomic mass is 10.0. The van der Waals surface area contributed by atoms with Gasteiger partial charge in [-0.05, 0) is 89.5 Å². The third-order valence-electron chi connectivity index (χ3n) is 16.7. The lowest BCUT2D eigenvalue weighted by Crippen LogP contribution is -2.47. The Labute approximate surface area is 529 Å². The number of amides is 1. The molecule has 0 radical (unpaired) electrons. The second kappa shape index (κ2) is 64.9. The van der Waals surface area contributed by atoms with Crippen molar-refractivity contribution in [1.82, 2.24) is 5.32 Å². The summed E-state index contributed by atoms with van der Waals surface area (Å²) in [6.07, 6.45) is 82.4. The Hall–Kier alpha value is -2.03. The molecule has 0 saturated carbocycles. The molecule has 0 spiro atoms. The van der Waals surface area contributed by atoms with Crippen molar-refractivity contribution < 1.29 is 37.3 Å². The number of ether oxygens (including phenoxy) is 1. The molecule has 0 rings (SSSR count). The summed E-state index contributed by atoms with van der Waals surface area (Å²) < 4.78 is 30.5. The number of phosphoric acid groups is 1. The highest BCUT2D eigenvalue weighted by Gasteiger charge is 2.27. The number of hydrogen-bond acceptors (Lipinski definition) is 7. The van der Waals surface area contributed by atoms with E-state index in [1.165, 1.54) is 270 Å². The van der Waals surface area contributed by atoms with Crippen LogP contribution in [0.1, 0.15) is 367 Å². The monoisotopic (exact) mass is 1220 g/mol. The number of quaternary nitrogens is 1.